The smallest absolute Gasteiger partial charge is 0.240 e. The van der Waals surface area contributed by atoms with Crippen molar-refractivity contribution in [2.24, 2.45) is 5.73 Å². The lowest BCUT2D eigenvalue weighted by Crippen LogP contribution is -2.20. The Morgan fingerprint density at radius 1 is 0.765 bits per heavy atom. The molecule has 0 unspecified atom stereocenters. The van der Waals surface area contributed by atoms with Crippen molar-refractivity contribution < 1.29 is 30.7 Å². The van der Waals surface area contributed by atoms with Gasteiger partial charge in [-0.05, 0) is 0 Å². The molecule has 0 amide bonds. The molecule has 1 rings (SSSR count). The van der Waals surface area contributed by atoms with Gasteiger partial charge in [0.05, 0.1) is 0 Å². The number of hydrogen-bond donors (Lipinski definition) is 1. The molecule has 0 fully saturated rings. The molecule has 8 heteroatoms. The molecule has 0 saturated heterocycles. The second-order valence-electron chi connectivity index (χ2n) is 3.22. The largest absolute Gasteiger partial charge is 0.324 e. The maximum atomic E-state index is 13.1. The molecule has 96 valence electrons. The fourth-order valence-electron chi connectivity index (χ4n) is 1.26. The summed E-state index contributed by atoms with van der Waals surface area (Å²) in [7, 11) is 0. The Kier molecular flexibility index (Phi) is 3.97. The first-order valence-electron chi connectivity index (χ1n) is 4.32. The van der Waals surface area contributed by atoms with Gasteiger partial charge in [-0.25, -0.2) is 30.7 Å². The van der Waals surface area contributed by atoms with E-state index in [1.807, 2.05) is 0 Å². The van der Waals surface area contributed by atoms with Gasteiger partial charge in [0.15, 0.2) is 23.3 Å². The number of rotatable bonds is 3. The van der Waals surface area contributed by atoms with Crippen LogP contribution in [0, 0.1) is 29.1 Å². The monoisotopic (exact) mass is 261 g/mol. The Morgan fingerprint density at radius 3 is 1.47 bits per heavy atom. The molecule has 1 aromatic carbocycles. The van der Waals surface area contributed by atoms with Crippen LogP contribution in [0.1, 0.15) is 18.0 Å². The van der Waals surface area contributed by atoms with Gasteiger partial charge < -0.3 is 5.73 Å². The average molecular weight is 261 g/mol. The predicted octanol–water partition coefficient (Wildman–Crippen LogP) is 3.04. The highest BCUT2D eigenvalue weighted by Crippen LogP contribution is 2.29. The molecule has 0 saturated carbocycles. The summed E-state index contributed by atoms with van der Waals surface area (Å²) >= 11 is 0. The molecule has 0 aliphatic rings. The van der Waals surface area contributed by atoms with Crippen molar-refractivity contribution >= 4 is 0 Å². The van der Waals surface area contributed by atoms with Crippen molar-refractivity contribution in [3.05, 3.63) is 34.6 Å². The van der Waals surface area contributed by atoms with E-state index in [1.54, 1.807) is 0 Å². The Morgan fingerprint density at radius 2 is 1.12 bits per heavy atom. The van der Waals surface area contributed by atoms with E-state index in [0.29, 0.717) is 0 Å². The molecule has 0 aromatic heterocycles. The summed E-state index contributed by atoms with van der Waals surface area (Å²) in [6, 6.07) is -1.97. The fourth-order valence-corrected chi connectivity index (χ4v) is 1.26. The molecule has 0 aliphatic carbocycles. The molecule has 0 radical (unpaired) electrons. The van der Waals surface area contributed by atoms with Crippen LogP contribution in [0.2, 0.25) is 0 Å². The van der Waals surface area contributed by atoms with E-state index in [1.165, 1.54) is 0 Å². The van der Waals surface area contributed by atoms with Crippen molar-refractivity contribution in [1.29, 1.82) is 0 Å². The molecular formula is C9H6F7N. The van der Waals surface area contributed by atoms with E-state index in [4.69, 9.17) is 5.73 Å². The van der Waals surface area contributed by atoms with E-state index in [0.717, 1.165) is 0 Å². The van der Waals surface area contributed by atoms with E-state index >= 15 is 0 Å². The number of halogens is 7. The van der Waals surface area contributed by atoms with E-state index < -0.39 is 53.5 Å². The maximum absolute atomic E-state index is 13.1. The van der Waals surface area contributed by atoms with Crippen molar-refractivity contribution in [2.45, 2.75) is 18.9 Å². The zero-order chi connectivity index (χ0) is 13.3. The maximum Gasteiger partial charge on any atom is 0.240 e. The minimum Gasteiger partial charge on any atom is -0.324 e. The van der Waals surface area contributed by atoms with Gasteiger partial charge in [-0.1, -0.05) is 0 Å². The lowest BCUT2D eigenvalue weighted by molar-refractivity contribution is 0.127. The van der Waals surface area contributed by atoms with Crippen molar-refractivity contribution in [1.82, 2.24) is 0 Å². The first-order valence-corrected chi connectivity index (χ1v) is 4.32. The van der Waals surface area contributed by atoms with Gasteiger partial charge in [0.1, 0.15) is 0 Å². The van der Waals surface area contributed by atoms with Crippen LogP contribution in [0.5, 0.6) is 0 Å². The molecule has 1 nitrogen and oxygen atoms in total. The minimum absolute atomic E-state index is 1.21. The molecule has 1 atom stereocenters. The Hall–Kier alpha value is -1.31. The predicted molar refractivity (Wildman–Crippen MR) is 43.8 cm³/mol. The lowest BCUT2D eigenvalue weighted by atomic mass is 10.0. The first-order chi connectivity index (χ1) is 7.77. The van der Waals surface area contributed by atoms with Crippen LogP contribution in [0.15, 0.2) is 0 Å². The number of alkyl halides is 2. The normalized spacial score (nSPS) is 13.2. The minimum atomic E-state index is -3.03. The molecule has 0 heterocycles. The number of nitrogens with two attached hydrogens (primary N) is 1. The molecule has 17 heavy (non-hydrogen) atoms. The standard InChI is InChI=1S/C9H6F7N/c10-3(11)1-2(17)4-5(12)7(14)9(16)8(15)6(4)13/h2-3H,1,17H2/t2-/m0/s1. The van der Waals surface area contributed by atoms with Gasteiger partial charge in [0, 0.05) is 18.0 Å². The highest BCUT2D eigenvalue weighted by Gasteiger charge is 2.29. The molecule has 2 N–H and O–H groups in total. The van der Waals surface area contributed by atoms with Crippen molar-refractivity contribution in [2.75, 3.05) is 0 Å². The van der Waals surface area contributed by atoms with E-state index in [2.05, 4.69) is 0 Å². The molecule has 0 spiro atoms. The van der Waals surface area contributed by atoms with Crippen LogP contribution < -0.4 is 5.73 Å². The third kappa shape index (κ3) is 2.51. The van der Waals surface area contributed by atoms with Gasteiger partial charge in [0.25, 0.3) is 0 Å². The van der Waals surface area contributed by atoms with E-state index in [-0.39, 0.29) is 0 Å². The second kappa shape index (κ2) is 4.91. The van der Waals surface area contributed by atoms with Gasteiger partial charge in [-0.2, -0.15) is 0 Å². The summed E-state index contributed by atoms with van der Waals surface area (Å²) in [5, 5.41) is 0. The fraction of sp³-hybridized carbons (Fsp3) is 0.333. The van der Waals surface area contributed by atoms with Gasteiger partial charge in [-0.3, -0.25) is 0 Å². The quantitative estimate of drug-likeness (QED) is 0.505. The average Bonchev–Trinajstić information content (AvgIpc) is 2.23. The summed E-state index contributed by atoms with van der Waals surface area (Å²) in [5.74, 6) is -11.1. The van der Waals surface area contributed by atoms with Gasteiger partial charge >= 0.3 is 0 Å². The van der Waals surface area contributed by atoms with Crippen LogP contribution in [-0.4, -0.2) is 6.43 Å². The molecule has 0 aliphatic heterocycles. The molecular weight excluding hydrogens is 255 g/mol. The highest BCUT2D eigenvalue weighted by molar-refractivity contribution is 5.26. The van der Waals surface area contributed by atoms with Crippen LogP contribution in [0.4, 0.5) is 30.7 Å². The van der Waals surface area contributed by atoms with Crippen LogP contribution in [0.25, 0.3) is 0 Å². The van der Waals surface area contributed by atoms with E-state index in [9.17, 15) is 30.7 Å². The van der Waals surface area contributed by atoms with Crippen molar-refractivity contribution in [3.8, 4) is 0 Å². The zero-order valence-corrected chi connectivity index (χ0v) is 8.08. The molecule has 1 aromatic rings. The number of hydrogen-bond acceptors (Lipinski definition) is 1. The summed E-state index contributed by atoms with van der Waals surface area (Å²) in [6.45, 7) is 0. The Balaban J connectivity index is 3.33. The van der Waals surface area contributed by atoms with Crippen LogP contribution >= 0.6 is 0 Å². The van der Waals surface area contributed by atoms with Gasteiger partial charge in [-0.15, -0.1) is 0 Å². The third-order valence-electron chi connectivity index (χ3n) is 2.05. The number of benzene rings is 1. The second-order valence-corrected chi connectivity index (χ2v) is 3.22. The third-order valence-corrected chi connectivity index (χ3v) is 2.05. The topological polar surface area (TPSA) is 26.0 Å². The first kappa shape index (κ1) is 13.8. The SMILES string of the molecule is N[C@@H](CC(F)F)c1c(F)c(F)c(F)c(F)c1F. The summed E-state index contributed by atoms with van der Waals surface area (Å²) in [6.07, 6.45) is -4.24. The summed E-state index contributed by atoms with van der Waals surface area (Å²) in [4.78, 5) is 0. The van der Waals surface area contributed by atoms with Crippen LogP contribution in [0.3, 0.4) is 0 Å². The Bertz CT molecular complexity index is 403. The Labute approximate surface area is 91.0 Å². The van der Waals surface area contributed by atoms with Crippen molar-refractivity contribution in [3.63, 3.8) is 0 Å². The lowest BCUT2D eigenvalue weighted by Gasteiger charge is -2.14. The zero-order valence-electron chi connectivity index (χ0n) is 8.08. The van der Waals surface area contributed by atoms with Crippen LogP contribution in [-0.2, 0) is 0 Å². The summed E-state index contributed by atoms with van der Waals surface area (Å²) in [5.41, 5.74) is 3.54. The molecule has 0 bridgehead atoms. The summed E-state index contributed by atoms with van der Waals surface area (Å²) < 4.78 is 88.0. The van der Waals surface area contributed by atoms with Gasteiger partial charge in [0.2, 0.25) is 12.2 Å². The highest BCUT2D eigenvalue weighted by atomic mass is 19.3.